The molecule has 0 saturated heterocycles. The van der Waals surface area contributed by atoms with Crippen LogP contribution in [0.3, 0.4) is 0 Å². The first kappa shape index (κ1) is 27.7. The summed E-state index contributed by atoms with van der Waals surface area (Å²) in [7, 11) is -4.33. The lowest BCUT2D eigenvalue weighted by atomic mass is 9.99. The number of fused-ring (bicyclic) bond motifs is 1. The van der Waals surface area contributed by atoms with Crippen molar-refractivity contribution in [2.24, 2.45) is 0 Å². The Kier molecular flexibility index (Phi) is 7.69. The standard InChI is InChI=1S/C29H29N3O6S/c1-19(2)31(20(3)4)27-24-12-8-9-13-26(24)39(37,38)30(28(27)29(34)22-10-6-5-7-11-22)18-25(33)21-14-16-23(17-15-21)32(35)36/h5-17,19-20H,18H2,1-4H3. The van der Waals surface area contributed by atoms with Crippen LogP contribution in [0.1, 0.15) is 54.0 Å². The van der Waals surface area contributed by atoms with Crippen LogP contribution in [-0.2, 0) is 10.0 Å². The molecular formula is C29H29N3O6S. The Hall–Kier alpha value is -4.31. The summed E-state index contributed by atoms with van der Waals surface area (Å²) in [6.07, 6.45) is 0. The van der Waals surface area contributed by atoms with Gasteiger partial charge in [-0.2, -0.15) is 0 Å². The number of benzene rings is 3. The first-order chi connectivity index (χ1) is 18.4. The van der Waals surface area contributed by atoms with Gasteiger partial charge in [-0.05, 0) is 45.9 Å². The summed E-state index contributed by atoms with van der Waals surface area (Å²) in [4.78, 5) is 40.0. The van der Waals surface area contributed by atoms with E-state index < -0.39 is 33.1 Å². The van der Waals surface area contributed by atoms with Gasteiger partial charge in [-0.15, -0.1) is 0 Å². The zero-order chi connectivity index (χ0) is 28.5. The average molecular weight is 548 g/mol. The van der Waals surface area contributed by atoms with Gasteiger partial charge in [-0.1, -0.05) is 48.5 Å². The summed E-state index contributed by atoms with van der Waals surface area (Å²) in [6, 6.07) is 19.5. The van der Waals surface area contributed by atoms with Crippen LogP contribution in [0.5, 0.6) is 0 Å². The molecule has 9 nitrogen and oxygen atoms in total. The van der Waals surface area contributed by atoms with E-state index in [-0.39, 0.29) is 39.5 Å². The predicted octanol–water partition coefficient (Wildman–Crippen LogP) is 5.15. The van der Waals surface area contributed by atoms with Crippen molar-refractivity contribution in [2.45, 2.75) is 44.7 Å². The molecule has 0 radical (unpaired) electrons. The summed E-state index contributed by atoms with van der Waals surface area (Å²) in [5.41, 5.74) is 0.872. The van der Waals surface area contributed by atoms with Crippen molar-refractivity contribution in [1.82, 2.24) is 9.21 Å². The molecule has 1 aliphatic heterocycles. The van der Waals surface area contributed by atoms with Gasteiger partial charge in [0, 0.05) is 40.9 Å². The maximum atomic E-state index is 14.1. The molecule has 4 rings (SSSR count). The van der Waals surface area contributed by atoms with Gasteiger partial charge < -0.3 is 4.90 Å². The number of carbonyl (C=O) groups excluding carboxylic acids is 2. The lowest BCUT2D eigenvalue weighted by molar-refractivity contribution is -0.384. The lowest BCUT2D eigenvalue weighted by Crippen LogP contribution is -2.46. The van der Waals surface area contributed by atoms with E-state index in [1.807, 2.05) is 32.6 Å². The second kappa shape index (κ2) is 10.8. The number of nitro benzene ring substituents is 1. The maximum Gasteiger partial charge on any atom is 0.269 e. The fraction of sp³-hybridized carbons (Fsp3) is 0.241. The number of carbonyl (C=O) groups is 2. The molecule has 3 aromatic rings. The third-order valence-electron chi connectivity index (χ3n) is 6.49. The van der Waals surface area contributed by atoms with Crippen molar-refractivity contribution in [2.75, 3.05) is 6.54 Å². The van der Waals surface area contributed by atoms with Crippen molar-refractivity contribution in [3.8, 4) is 0 Å². The zero-order valence-corrected chi connectivity index (χ0v) is 22.9. The molecule has 1 aliphatic rings. The number of hydrogen-bond donors (Lipinski definition) is 0. The normalized spacial score (nSPS) is 14.4. The second-order valence-electron chi connectivity index (χ2n) is 9.72. The zero-order valence-electron chi connectivity index (χ0n) is 22.1. The van der Waals surface area contributed by atoms with E-state index in [1.165, 1.54) is 30.3 Å². The van der Waals surface area contributed by atoms with Crippen molar-refractivity contribution in [3.05, 3.63) is 111 Å². The molecule has 10 heteroatoms. The predicted molar refractivity (Wildman–Crippen MR) is 148 cm³/mol. The molecule has 1 heterocycles. The largest absolute Gasteiger partial charge is 0.364 e. The van der Waals surface area contributed by atoms with Gasteiger partial charge >= 0.3 is 0 Å². The van der Waals surface area contributed by atoms with Crippen molar-refractivity contribution in [3.63, 3.8) is 0 Å². The topological polar surface area (TPSA) is 118 Å². The average Bonchev–Trinajstić information content (AvgIpc) is 2.91. The molecule has 3 aromatic carbocycles. The Balaban J connectivity index is 1.98. The van der Waals surface area contributed by atoms with Crippen LogP contribution in [0.15, 0.2) is 89.5 Å². The molecule has 202 valence electrons. The lowest BCUT2D eigenvalue weighted by Gasteiger charge is -2.42. The van der Waals surface area contributed by atoms with Crippen LogP contribution in [0.4, 0.5) is 5.69 Å². The van der Waals surface area contributed by atoms with Crippen molar-refractivity contribution in [1.29, 1.82) is 0 Å². The first-order valence-corrected chi connectivity index (χ1v) is 13.9. The highest BCUT2D eigenvalue weighted by molar-refractivity contribution is 7.89. The molecule has 0 N–H and O–H groups in total. The minimum atomic E-state index is -4.33. The third kappa shape index (κ3) is 5.20. The molecule has 0 saturated carbocycles. The quantitative estimate of drug-likeness (QED) is 0.206. The molecule has 0 unspecified atom stereocenters. The van der Waals surface area contributed by atoms with Crippen molar-refractivity contribution < 1.29 is 22.9 Å². The number of nitro groups is 1. The molecular weight excluding hydrogens is 518 g/mol. The number of hydrogen-bond acceptors (Lipinski definition) is 7. The van der Waals surface area contributed by atoms with Gasteiger partial charge in [0.25, 0.3) is 15.7 Å². The minimum absolute atomic E-state index is 0.00703. The van der Waals surface area contributed by atoms with Gasteiger partial charge in [0.05, 0.1) is 22.1 Å². The molecule has 39 heavy (non-hydrogen) atoms. The molecule has 0 atom stereocenters. The van der Waals surface area contributed by atoms with E-state index in [9.17, 15) is 28.1 Å². The first-order valence-electron chi connectivity index (χ1n) is 12.5. The number of rotatable bonds is 9. The summed E-state index contributed by atoms with van der Waals surface area (Å²) in [6.45, 7) is 7.16. The Labute approximate surface area is 227 Å². The van der Waals surface area contributed by atoms with Crippen molar-refractivity contribution >= 4 is 33.0 Å². The van der Waals surface area contributed by atoms with Gasteiger partial charge in [0.2, 0.25) is 5.78 Å². The van der Waals surface area contributed by atoms with E-state index >= 15 is 0 Å². The van der Waals surface area contributed by atoms with Gasteiger partial charge in [0.1, 0.15) is 5.70 Å². The summed E-state index contributed by atoms with van der Waals surface area (Å²) in [5, 5.41) is 11.0. The molecule has 0 bridgehead atoms. The van der Waals surface area contributed by atoms with E-state index in [0.717, 1.165) is 4.31 Å². The van der Waals surface area contributed by atoms with Crippen LogP contribution in [0.25, 0.3) is 5.70 Å². The van der Waals surface area contributed by atoms with E-state index in [1.54, 1.807) is 48.5 Å². The monoisotopic (exact) mass is 547 g/mol. The summed E-state index contributed by atoms with van der Waals surface area (Å²) < 4.78 is 29.0. The van der Waals surface area contributed by atoms with E-state index in [4.69, 9.17) is 0 Å². The SMILES string of the molecule is CC(C)N(C1=C(C(=O)c2ccccc2)N(CC(=O)c2ccc([N+](=O)[O-])cc2)S(=O)(=O)c2ccccc21)C(C)C. The number of nitrogens with zero attached hydrogens (tertiary/aromatic N) is 3. The second-order valence-corrected chi connectivity index (χ2v) is 11.6. The number of sulfonamides is 1. The van der Waals surface area contributed by atoms with Gasteiger partial charge in [-0.3, -0.25) is 24.0 Å². The number of allylic oxidation sites excluding steroid dienone is 1. The molecule has 0 amide bonds. The Morgan fingerprint density at radius 3 is 1.97 bits per heavy atom. The third-order valence-corrected chi connectivity index (χ3v) is 8.30. The number of non-ortho nitro benzene ring substituents is 1. The van der Waals surface area contributed by atoms with Gasteiger partial charge in [0.15, 0.2) is 5.78 Å². The number of ketones is 2. The highest BCUT2D eigenvalue weighted by atomic mass is 32.2. The van der Waals surface area contributed by atoms with Crippen LogP contribution in [-0.4, -0.2) is 52.7 Å². The number of Topliss-reactive ketones (excluding diaryl/α,β-unsaturated/α-hetero) is 2. The Morgan fingerprint density at radius 1 is 0.846 bits per heavy atom. The fourth-order valence-corrected chi connectivity index (χ4v) is 6.48. The highest BCUT2D eigenvalue weighted by Gasteiger charge is 2.43. The van der Waals surface area contributed by atoms with E-state index in [0.29, 0.717) is 11.3 Å². The van der Waals surface area contributed by atoms with E-state index in [2.05, 4.69) is 0 Å². The highest BCUT2D eigenvalue weighted by Crippen LogP contribution is 2.41. The molecule has 0 spiro atoms. The smallest absolute Gasteiger partial charge is 0.269 e. The van der Waals surface area contributed by atoms with Crippen LogP contribution < -0.4 is 0 Å². The molecule has 0 aromatic heterocycles. The van der Waals surface area contributed by atoms with Crippen LogP contribution in [0, 0.1) is 10.1 Å². The fourth-order valence-electron chi connectivity index (χ4n) is 4.85. The molecule has 0 fully saturated rings. The van der Waals surface area contributed by atoms with Gasteiger partial charge in [-0.25, -0.2) is 8.42 Å². The Morgan fingerprint density at radius 2 is 1.41 bits per heavy atom. The minimum Gasteiger partial charge on any atom is -0.364 e. The van der Waals surface area contributed by atoms with Crippen LogP contribution in [0.2, 0.25) is 0 Å². The maximum absolute atomic E-state index is 14.1. The summed E-state index contributed by atoms with van der Waals surface area (Å²) >= 11 is 0. The van der Waals surface area contributed by atoms with Crippen LogP contribution >= 0.6 is 0 Å². The molecule has 0 aliphatic carbocycles. The summed E-state index contributed by atoms with van der Waals surface area (Å²) in [5.74, 6) is -1.14. The Bertz CT molecular complexity index is 1550.